The normalized spacial score (nSPS) is 11.1. The van der Waals surface area contributed by atoms with Crippen LogP contribution in [-0.4, -0.2) is 53.3 Å². The number of nitrogens with one attached hydrogen (secondary N) is 1. The molecule has 30 heavy (non-hydrogen) atoms. The third-order valence-corrected chi connectivity index (χ3v) is 6.35. The number of carbonyl (C=O) groups is 1. The molecule has 0 aliphatic heterocycles. The highest BCUT2D eigenvalue weighted by Gasteiger charge is 2.30. The van der Waals surface area contributed by atoms with Gasteiger partial charge in [0.2, 0.25) is 5.91 Å². The molecule has 0 aromatic heterocycles. The van der Waals surface area contributed by atoms with E-state index in [1.54, 1.807) is 19.1 Å². The number of sulfonamides is 1. The summed E-state index contributed by atoms with van der Waals surface area (Å²) in [5, 5.41) is 11.7. The molecular weight excluding hydrogens is 432 g/mol. The van der Waals surface area contributed by atoms with Gasteiger partial charge in [0.1, 0.15) is 22.9 Å². The first-order valence-corrected chi connectivity index (χ1v) is 10.9. The second kappa shape index (κ2) is 10.5. The minimum absolute atomic E-state index is 0.0694. The van der Waals surface area contributed by atoms with Crippen molar-refractivity contribution in [2.24, 2.45) is 0 Å². The number of carbonyl (C=O) groups excluding carboxylic acids is 1. The summed E-state index contributed by atoms with van der Waals surface area (Å²) in [5.74, 6) is 0.00906. The van der Waals surface area contributed by atoms with E-state index in [-0.39, 0.29) is 34.5 Å². The lowest BCUT2D eigenvalue weighted by atomic mass is 10.2. The number of hydrogen-bond acceptors (Lipinski definition) is 6. The molecule has 8 nitrogen and oxygen atoms in total. The molecule has 0 aliphatic carbocycles. The zero-order chi connectivity index (χ0) is 22.3. The largest absolute Gasteiger partial charge is 0.495 e. The predicted octanol–water partition coefficient (Wildman–Crippen LogP) is 2.36. The quantitative estimate of drug-likeness (QED) is 0.532. The second-order valence-electron chi connectivity index (χ2n) is 6.41. The van der Waals surface area contributed by atoms with Gasteiger partial charge in [0, 0.05) is 13.2 Å². The van der Waals surface area contributed by atoms with Crippen LogP contribution in [0.2, 0.25) is 5.02 Å². The van der Waals surface area contributed by atoms with E-state index in [0.717, 1.165) is 9.87 Å². The van der Waals surface area contributed by atoms with Gasteiger partial charge in [-0.3, -0.25) is 9.10 Å². The van der Waals surface area contributed by atoms with Crippen molar-refractivity contribution in [3.05, 3.63) is 47.0 Å². The molecule has 0 heterocycles. The van der Waals surface area contributed by atoms with Crippen LogP contribution in [0.1, 0.15) is 12.0 Å². The fourth-order valence-corrected chi connectivity index (χ4v) is 4.63. The molecule has 0 saturated carbocycles. The zero-order valence-electron chi connectivity index (χ0n) is 17.0. The number of aryl methyl sites for hydroxylation is 1. The topological polar surface area (TPSA) is 105 Å². The number of nitrogens with zero attached hydrogens (tertiary/aromatic N) is 1. The van der Waals surface area contributed by atoms with Crippen LogP contribution >= 0.6 is 11.6 Å². The Hall–Kier alpha value is -2.49. The minimum atomic E-state index is -4.18. The highest BCUT2D eigenvalue weighted by atomic mass is 35.5. The fraction of sp³-hybridized carbons (Fsp3) is 0.350. The Morgan fingerprint density at radius 1 is 1.13 bits per heavy atom. The average molecular weight is 457 g/mol. The Morgan fingerprint density at radius 3 is 2.40 bits per heavy atom. The lowest BCUT2D eigenvalue weighted by molar-refractivity contribution is -0.119. The summed E-state index contributed by atoms with van der Waals surface area (Å²) < 4.78 is 38.4. The monoisotopic (exact) mass is 456 g/mol. The molecule has 10 heteroatoms. The smallest absolute Gasteiger partial charge is 0.268 e. The van der Waals surface area contributed by atoms with Gasteiger partial charge < -0.3 is 19.9 Å². The van der Waals surface area contributed by atoms with Crippen LogP contribution in [0.25, 0.3) is 0 Å². The number of benzene rings is 2. The number of rotatable bonds is 10. The van der Waals surface area contributed by atoms with Crippen LogP contribution in [-0.2, 0) is 14.8 Å². The van der Waals surface area contributed by atoms with Crippen LogP contribution in [0, 0.1) is 6.92 Å². The van der Waals surface area contributed by atoms with Crippen LogP contribution in [0.4, 0.5) is 5.69 Å². The first-order chi connectivity index (χ1) is 14.2. The maximum atomic E-state index is 13.5. The number of aliphatic hydroxyl groups excluding tert-OH is 1. The maximum Gasteiger partial charge on any atom is 0.268 e. The molecule has 0 unspecified atom stereocenters. The highest BCUT2D eigenvalue weighted by Crippen LogP contribution is 2.34. The summed E-state index contributed by atoms with van der Waals surface area (Å²) in [7, 11) is -1.36. The minimum Gasteiger partial charge on any atom is -0.495 e. The van der Waals surface area contributed by atoms with Gasteiger partial charge >= 0.3 is 0 Å². The van der Waals surface area contributed by atoms with Gasteiger partial charge in [-0.05, 0) is 49.2 Å². The van der Waals surface area contributed by atoms with E-state index in [0.29, 0.717) is 12.2 Å². The predicted molar refractivity (Wildman–Crippen MR) is 115 cm³/mol. The Morgan fingerprint density at radius 2 is 1.80 bits per heavy atom. The molecule has 2 aromatic carbocycles. The van der Waals surface area contributed by atoms with Crippen molar-refractivity contribution in [1.82, 2.24) is 5.32 Å². The van der Waals surface area contributed by atoms with Gasteiger partial charge in [0.15, 0.2) is 0 Å². The molecule has 0 radical (unpaired) electrons. The second-order valence-corrected chi connectivity index (χ2v) is 8.65. The molecule has 0 saturated heterocycles. The molecular formula is C20H25ClN2O6S. The Kier molecular flexibility index (Phi) is 8.33. The number of hydrogen-bond donors (Lipinski definition) is 2. The molecule has 0 aliphatic rings. The van der Waals surface area contributed by atoms with Crippen LogP contribution in [0.3, 0.4) is 0 Å². The number of anilines is 1. The van der Waals surface area contributed by atoms with E-state index in [2.05, 4.69) is 5.32 Å². The molecule has 0 bridgehead atoms. The summed E-state index contributed by atoms with van der Waals surface area (Å²) in [5.41, 5.74) is 0.913. The van der Waals surface area contributed by atoms with Gasteiger partial charge in [-0.15, -0.1) is 0 Å². The highest BCUT2D eigenvalue weighted by molar-refractivity contribution is 7.93. The fourth-order valence-electron chi connectivity index (χ4n) is 2.72. The molecule has 164 valence electrons. The Bertz CT molecular complexity index is 997. The van der Waals surface area contributed by atoms with E-state index >= 15 is 0 Å². The first kappa shape index (κ1) is 23.8. The first-order valence-electron chi connectivity index (χ1n) is 9.13. The number of aliphatic hydroxyl groups is 1. The third-order valence-electron chi connectivity index (χ3n) is 4.25. The van der Waals surface area contributed by atoms with E-state index in [9.17, 15) is 13.2 Å². The summed E-state index contributed by atoms with van der Waals surface area (Å²) >= 11 is 6.19. The van der Waals surface area contributed by atoms with E-state index in [1.807, 2.05) is 0 Å². The van der Waals surface area contributed by atoms with Gasteiger partial charge in [-0.2, -0.15) is 0 Å². The Labute approximate surface area is 181 Å². The number of methoxy groups -OCH3 is 2. The van der Waals surface area contributed by atoms with Gasteiger partial charge in [-0.1, -0.05) is 17.7 Å². The van der Waals surface area contributed by atoms with Crippen molar-refractivity contribution in [3.8, 4) is 11.5 Å². The average Bonchev–Trinajstić information content (AvgIpc) is 2.72. The van der Waals surface area contributed by atoms with Crippen molar-refractivity contribution < 1.29 is 27.8 Å². The van der Waals surface area contributed by atoms with Crippen molar-refractivity contribution in [3.63, 3.8) is 0 Å². The maximum absolute atomic E-state index is 13.5. The SMILES string of the molecule is COc1ccc(N(CC(=O)NCCCO)S(=O)(=O)c2cc(C)ccc2OC)cc1Cl. The standard InChI is InChI=1S/C20H25ClN2O6S/c1-14-5-7-18(29-3)19(11-14)30(26,27)23(13-20(25)22-9-4-10-24)15-6-8-17(28-2)16(21)12-15/h5-8,11-12,24H,4,9-10,13H2,1-3H3,(H,22,25). The molecule has 0 spiro atoms. The number of halogens is 1. The van der Waals surface area contributed by atoms with Gasteiger partial charge in [0.05, 0.1) is 24.9 Å². The van der Waals surface area contributed by atoms with Crippen molar-refractivity contribution in [2.75, 3.05) is 38.2 Å². The lowest BCUT2D eigenvalue weighted by Gasteiger charge is -2.25. The summed E-state index contributed by atoms with van der Waals surface area (Å²) in [6.07, 6.45) is 0.360. The molecule has 1 amide bonds. The summed E-state index contributed by atoms with van der Waals surface area (Å²) in [6.45, 7) is 1.42. The third kappa shape index (κ3) is 5.56. The van der Waals surface area contributed by atoms with Gasteiger partial charge in [0.25, 0.3) is 10.0 Å². The number of amides is 1. The molecule has 0 fully saturated rings. The van der Waals surface area contributed by atoms with Crippen molar-refractivity contribution >= 4 is 33.2 Å². The molecule has 2 rings (SSSR count). The molecule has 2 aromatic rings. The van der Waals surface area contributed by atoms with Crippen LogP contribution in [0.5, 0.6) is 11.5 Å². The van der Waals surface area contributed by atoms with Crippen molar-refractivity contribution in [2.45, 2.75) is 18.2 Å². The molecule has 2 N–H and O–H groups in total. The van der Waals surface area contributed by atoms with E-state index in [1.165, 1.54) is 38.5 Å². The lowest BCUT2D eigenvalue weighted by Crippen LogP contribution is -2.41. The van der Waals surface area contributed by atoms with Crippen molar-refractivity contribution in [1.29, 1.82) is 0 Å². The van der Waals surface area contributed by atoms with Crippen LogP contribution in [0.15, 0.2) is 41.3 Å². The molecule has 0 atom stereocenters. The number of ether oxygens (including phenoxy) is 2. The van der Waals surface area contributed by atoms with Gasteiger partial charge in [-0.25, -0.2) is 8.42 Å². The summed E-state index contributed by atoms with van der Waals surface area (Å²) in [6, 6.07) is 9.22. The zero-order valence-corrected chi connectivity index (χ0v) is 18.6. The van der Waals surface area contributed by atoms with E-state index in [4.69, 9.17) is 26.2 Å². The Balaban J connectivity index is 2.53. The summed E-state index contributed by atoms with van der Waals surface area (Å²) in [4.78, 5) is 12.4. The van der Waals surface area contributed by atoms with E-state index < -0.39 is 22.5 Å². The van der Waals surface area contributed by atoms with Crippen LogP contribution < -0.4 is 19.1 Å².